The van der Waals surface area contributed by atoms with Crippen molar-refractivity contribution in [2.75, 3.05) is 33.0 Å². The van der Waals surface area contributed by atoms with Crippen LogP contribution >= 0.6 is 0 Å². The Bertz CT molecular complexity index is 437. The quantitative estimate of drug-likeness (QED) is 0.681. The number of amides is 1. The number of carbonyl (C=O) groups is 1. The molecule has 1 heterocycles. The highest BCUT2D eigenvalue weighted by molar-refractivity contribution is 5.74. The van der Waals surface area contributed by atoms with E-state index in [2.05, 4.69) is 5.32 Å². The molecule has 1 aliphatic heterocycles. The first-order valence-electron chi connectivity index (χ1n) is 6.21. The minimum Gasteiger partial charge on any atom is -0.486 e. The number of hydrogen-bond donors (Lipinski definition) is 2. The summed E-state index contributed by atoms with van der Waals surface area (Å²) in [4.78, 5) is 10.4. The Kier molecular flexibility index (Phi) is 5.00. The Balaban J connectivity index is 1.70. The van der Waals surface area contributed by atoms with E-state index in [1.165, 1.54) is 0 Å². The fraction of sp³-hybridized carbons (Fsp3) is 0.462. The SMILES string of the molecule is NC(=O)COCCNCc1ccc2c(c1)OCCO2. The van der Waals surface area contributed by atoms with Gasteiger partial charge in [-0.05, 0) is 17.7 Å². The number of nitrogens with two attached hydrogens (primary N) is 1. The highest BCUT2D eigenvalue weighted by Gasteiger charge is 2.11. The summed E-state index contributed by atoms with van der Waals surface area (Å²) in [5, 5.41) is 3.21. The lowest BCUT2D eigenvalue weighted by Crippen LogP contribution is -2.23. The molecule has 1 amide bonds. The normalized spacial score (nSPS) is 13.3. The zero-order chi connectivity index (χ0) is 13.5. The van der Waals surface area contributed by atoms with Crippen LogP contribution in [0, 0.1) is 0 Å². The summed E-state index contributed by atoms with van der Waals surface area (Å²) in [6.45, 7) is 2.96. The molecule has 0 unspecified atom stereocenters. The zero-order valence-corrected chi connectivity index (χ0v) is 10.7. The number of rotatable bonds is 7. The molecule has 3 N–H and O–H groups in total. The number of nitrogens with one attached hydrogen (secondary N) is 1. The van der Waals surface area contributed by atoms with Crippen LogP contribution in [0.15, 0.2) is 18.2 Å². The molecule has 0 atom stereocenters. The van der Waals surface area contributed by atoms with E-state index < -0.39 is 5.91 Å². The first kappa shape index (κ1) is 13.6. The maximum absolute atomic E-state index is 10.4. The molecular weight excluding hydrogens is 248 g/mol. The maximum Gasteiger partial charge on any atom is 0.243 e. The van der Waals surface area contributed by atoms with Gasteiger partial charge in [-0.2, -0.15) is 0 Å². The van der Waals surface area contributed by atoms with E-state index in [4.69, 9.17) is 19.9 Å². The molecular formula is C13H18N2O4. The topological polar surface area (TPSA) is 82.8 Å². The second-order valence-electron chi connectivity index (χ2n) is 4.17. The molecule has 0 aliphatic carbocycles. The molecule has 0 saturated carbocycles. The average Bonchev–Trinajstić information content (AvgIpc) is 2.42. The van der Waals surface area contributed by atoms with Crippen molar-refractivity contribution in [3.05, 3.63) is 23.8 Å². The standard InChI is InChI=1S/C13H18N2O4/c14-13(16)9-17-4-3-15-8-10-1-2-11-12(7-10)19-6-5-18-11/h1-2,7,15H,3-6,8-9H2,(H2,14,16). The third kappa shape index (κ3) is 4.42. The highest BCUT2D eigenvalue weighted by Crippen LogP contribution is 2.30. The van der Waals surface area contributed by atoms with Crippen LogP contribution in [0.3, 0.4) is 0 Å². The van der Waals surface area contributed by atoms with Gasteiger partial charge < -0.3 is 25.3 Å². The predicted molar refractivity (Wildman–Crippen MR) is 69.2 cm³/mol. The first-order valence-corrected chi connectivity index (χ1v) is 6.21. The molecule has 19 heavy (non-hydrogen) atoms. The van der Waals surface area contributed by atoms with Crippen LogP contribution in [0.25, 0.3) is 0 Å². The van der Waals surface area contributed by atoms with E-state index in [9.17, 15) is 4.79 Å². The number of fused-ring (bicyclic) bond motifs is 1. The summed E-state index contributed by atoms with van der Waals surface area (Å²) in [7, 11) is 0. The second kappa shape index (κ2) is 6.96. The van der Waals surface area contributed by atoms with Crippen LogP contribution in [0.4, 0.5) is 0 Å². The molecule has 104 valence electrons. The molecule has 0 fully saturated rings. The number of hydrogen-bond acceptors (Lipinski definition) is 5. The van der Waals surface area contributed by atoms with Crippen molar-refractivity contribution in [2.24, 2.45) is 5.73 Å². The second-order valence-corrected chi connectivity index (χ2v) is 4.17. The summed E-state index contributed by atoms with van der Waals surface area (Å²) in [6.07, 6.45) is 0. The molecule has 0 saturated heterocycles. The predicted octanol–water partition coefficient (Wildman–Crippen LogP) is 0.0493. The molecule has 6 heteroatoms. The Labute approximate surface area is 111 Å². The van der Waals surface area contributed by atoms with E-state index in [1.807, 2.05) is 18.2 Å². The average molecular weight is 266 g/mol. The van der Waals surface area contributed by atoms with E-state index in [-0.39, 0.29) is 6.61 Å². The van der Waals surface area contributed by atoms with Gasteiger partial charge >= 0.3 is 0 Å². The van der Waals surface area contributed by atoms with Gasteiger partial charge in [0.05, 0.1) is 6.61 Å². The molecule has 1 aliphatic rings. The van der Waals surface area contributed by atoms with E-state index in [0.717, 1.165) is 17.1 Å². The van der Waals surface area contributed by atoms with Gasteiger partial charge in [0.1, 0.15) is 19.8 Å². The molecule has 1 aromatic carbocycles. The summed E-state index contributed by atoms with van der Waals surface area (Å²) >= 11 is 0. The monoisotopic (exact) mass is 266 g/mol. The minimum atomic E-state index is -0.452. The van der Waals surface area contributed by atoms with Gasteiger partial charge in [0.25, 0.3) is 0 Å². The Morgan fingerprint density at radius 3 is 2.89 bits per heavy atom. The molecule has 6 nitrogen and oxygen atoms in total. The van der Waals surface area contributed by atoms with E-state index in [1.54, 1.807) is 0 Å². The third-order valence-corrected chi connectivity index (χ3v) is 2.60. The van der Waals surface area contributed by atoms with Gasteiger partial charge in [-0.15, -0.1) is 0 Å². The van der Waals surface area contributed by atoms with Gasteiger partial charge in [-0.3, -0.25) is 4.79 Å². The van der Waals surface area contributed by atoms with Crippen molar-refractivity contribution in [2.45, 2.75) is 6.54 Å². The number of primary amides is 1. The van der Waals surface area contributed by atoms with E-state index in [0.29, 0.717) is 32.9 Å². The molecule has 0 aromatic heterocycles. The van der Waals surface area contributed by atoms with Crippen LogP contribution in [-0.4, -0.2) is 38.9 Å². The van der Waals surface area contributed by atoms with Gasteiger partial charge in [-0.1, -0.05) is 6.07 Å². The molecule has 1 aromatic rings. The molecule has 2 rings (SSSR count). The largest absolute Gasteiger partial charge is 0.486 e. The molecule has 0 bridgehead atoms. The lowest BCUT2D eigenvalue weighted by Gasteiger charge is -2.19. The Morgan fingerprint density at radius 2 is 2.11 bits per heavy atom. The fourth-order valence-electron chi connectivity index (χ4n) is 1.75. The fourth-order valence-corrected chi connectivity index (χ4v) is 1.75. The van der Waals surface area contributed by atoms with Crippen LogP contribution in [-0.2, 0) is 16.1 Å². The molecule has 0 radical (unpaired) electrons. The highest BCUT2D eigenvalue weighted by atomic mass is 16.6. The van der Waals surface area contributed by atoms with Crippen LogP contribution in [0.2, 0.25) is 0 Å². The maximum atomic E-state index is 10.4. The third-order valence-electron chi connectivity index (χ3n) is 2.60. The molecule has 0 spiro atoms. The Morgan fingerprint density at radius 1 is 1.32 bits per heavy atom. The van der Waals surface area contributed by atoms with Crippen LogP contribution in [0.5, 0.6) is 11.5 Å². The van der Waals surface area contributed by atoms with Crippen molar-refractivity contribution in [3.8, 4) is 11.5 Å². The van der Waals surface area contributed by atoms with Gasteiger partial charge in [0.2, 0.25) is 5.91 Å². The van der Waals surface area contributed by atoms with E-state index >= 15 is 0 Å². The first-order chi connectivity index (χ1) is 9.25. The van der Waals surface area contributed by atoms with Gasteiger partial charge in [-0.25, -0.2) is 0 Å². The minimum absolute atomic E-state index is 0.0360. The zero-order valence-electron chi connectivity index (χ0n) is 10.7. The Hall–Kier alpha value is -1.79. The van der Waals surface area contributed by atoms with Gasteiger partial charge in [0, 0.05) is 13.1 Å². The number of benzene rings is 1. The summed E-state index contributed by atoms with van der Waals surface area (Å²) < 4.78 is 16.0. The number of carbonyl (C=O) groups excluding carboxylic acids is 1. The lowest BCUT2D eigenvalue weighted by atomic mass is 10.2. The summed E-state index contributed by atoms with van der Waals surface area (Å²) in [5.74, 6) is 1.13. The lowest BCUT2D eigenvalue weighted by molar-refractivity contribution is -0.122. The van der Waals surface area contributed by atoms with Crippen molar-refractivity contribution in [1.29, 1.82) is 0 Å². The smallest absolute Gasteiger partial charge is 0.243 e. The summed E-state index contributed by atoms with van der Waals surface area (Å²) in [6, 6.07) is 5.87. The summed E-state index contributed by atoms with van der Waals surface area (Å²) in [5.41, 5.74) is 6.06. The number of ether oxygens (including phenoxy) is 3. The van der Waals surface area contributed by atoms with Crippen molar-refractivity contribution >= 4 is 5.91 Å². The van der Waals surface area contributed by atoms with Crippen molar-refractivity contribution < 1.29 is 19.0 Å². The van der Waals surface area contributed by atoms with Crippen LogP contribution < -0.4 is 20.5 Å². The van der Waals surface area contributed by atoms with Crippen LogP contribution in [0.1, 0.15) is 5.56 Å². The van der Waals surface area contributed by atoms with Gasteiger partial charge in [0.15, 0.2) is 11.5 Å². The van der Waals surface area contributed by atoms with Crippen molar-refractivity contribution in [1.82, 2.24) is 5.32 Å². The van der Waals surface area contributed by atoms with Crippen molar-refractivity contribution in [3.63, 3.8) is 0 Å².